The summed E-state index contributed by atoms with van der Waals surface area (Å²) >= 11 is 0. The third-order valence-electron chi connectivity index (χ3n) is 2.25. The molecule has 96 valence electrons. The molecule has 2 rings (SSSR count). The highest BCUT2D eigenvalue weighted by atomic mass is 19.1. The normalized spacial score (nSPS) is 11.2. The largest absolute Gasteiger partial charge is 0.465 e. The number of amides is 1. The van der Waals surface area contributed by atoms with Gasteiger partial charge in [0.05, 0.1) is 11.8 Å². The molecular weight excluding hydrogens is 247 g/mol. The van der Waals surface area contributed by atoms with Crippen LogP contribution in [-0.4, -0.2) is 12.1 Å². The minimum Gasteiger partial charge on any atom is -0.465 e. The summed E-state index contributed by atoms with van der Waals surface area (Å²) in [6, 6.07) is 9.24. The maximum absolute atomic E-state index is 13.3. The number of hydrogen-bond donors (Lipinski definition) is 1. The molecule has 0 radical (unpaired) electrons. The van der Waals surface area contributed by atoms with Gasteiger partial charge in [-0.15, -0.1) is 0 Å². The van der Waals surface area contributed by atoms with Crippen molar-refractivity contribution >= 4 is 18.2 Å². The highest BCUT2D eigenvalue weighted by Gasteiger charge is 2.08. The van der Waals surface area contributed by atoms with Crippen LogP contribution < -0.4 is 5.43 Å². The number of hydrogen-bond acceptors (Lipinski definition) is 3. The molecule has 0 unspecified atom stereocenters. The van der Waals surface area contributed by atoms with E-state index >= 15 is 0 Å². The predicted octanol–water partition coefficient (Wildman–Crippen LogP) is 2.85. The second-order valence-electron chi connectivity index (χ2n) is 3.57. The molecule has 1 aromatic carbocycles. The molecule has 2 aromatic rings. The van der Waals surface area contributed by atoms with E-state index in [1.54, 1.807) is 36.6 Å². The van der Waals surface area contributed by atoms with Gasteiger partial charge in [0.15, 0.2) is 0 Å². The molecule has 0 fully saturated rings. The van der Waals surface area contributed by atoms with Crippen LogP contribution in [-0.2, 0) is 0 Å². The average Bonchev–Trinajstić information content (AvgIpc) is 2.92. The monoisotopic (exact) mass is 258 g/mol. The van der Waals surface area contributed by atoms with E-state index in [4.69, 9.17) is 4.42 Å². The number of furan rings is 1. The summed E-state index contributed by atoms with van der Waals surface area (Å²) in [6.07, 6.45) is 6.21. The predicted molar refractivity (Wildman–Crippen MR) is 70.1 cm³/mol. The molecule has 1 N–H and O–H groups in total. The number of allylic oxidation sites excluding steroid dienone is 1. The Bertz CT molecular complexity index is 604. The number of hydrazone groups is 1. The number of carbonyl (C=O) groups excluding carboxylic acids is 1. The highest BCUT2D eigenvalue weighted by molar-refractivity contribution is 5.94. The van der Waals surface area contributed by atoms with Crippen LogP contribution >= 0.6 is 0 Å². The molecule has 0 atom stereocenters. The first-order chi connectivity index (χ1) is 9.27. The fourth-order valence-electron chi connectivity index (χ4n) is 1.37. The van der Waals surface area contributed by atoms with Crippen molar-refractivity contribution < 1.29 is 13.6 Å². The van der Waals surface area contributed by atoms with Crippen LogP contribution in [0.25, 0.3) is 6.08 Å². The quantitative estimate of drug-likeness (QED) is 0.677. The number of carbonyl (C=O) groups is 1. The lowest BCUT2D eigenvalue weighted by atomic mass is 10.2. The molecule has 0 bridgehead atoms. The van der Waals surface area contributed by atoms with Crippen molar-refractivity contribution in [2.75, 3.05) is 0 Å². The number of nitrogens with one attached hydrogen (secondary N) is 1. The Balaban J connectivity index is 1.89. The van der Waals surface area contributed by atoms with Gasteiger partial charge in [0, 0.05) is 6.21 Å². The first-order valence-electron chi connectivity index (χ1n) is 5.55. The molecule has 1 amide bonds. The van der Waals surface area contributed by atoms with E-state index in [-0.39, 0.29) is 5.56 Å². The van der Waals surface area contributed by atoms with Crippen LogP contribution in [0.2, 0.25) is 0 Å². The minimum absolute atomic E-state index is 0.0466. The molecule has 0 spiro atoms. The van der Waals surface area contributed by atoms with Crippen LogP contribution in [0.1, 0.15) is 16.1 Å². The van der Waals surface area contributed by atoms with Crippen molar-refractivity contribution in [2.24, 2.45) is 5.10 Å². The van der Waals surface area contributed by atoms with Gasteiger partial charge >= 0.3 is 0 Å². The zero-order valence-corrected chi connectivity index (χ0v) is 9.92. The SMILES string of the molecule is O=C(N/N=C/C=C/c1ccco1)c1ccccc1F. The third-order valence-corrected chi connectivity index (χ3v) is 2.25. The van der Waals surface area contributed by atoms with E-state index in [0.717, 1.165) is 0 Å². The molecule has 1 heterocycles. The van der Waals surface area contributed by atoms with Gasteiger partial charge in [-0.05, 0) is 36.4 Å². The summed E-state index contributed by atoms with van der Waals surface area (Å²) in [5.41, 5.74) is 2.18. The van der Waals surface area contributed by atoms with Crippen molar-refractivity contribution in [2.45, 2.75) is 0 Å². The van der Waals surface area contributed by atoms with Gasteiger partial charge in [-0.25, -0.2) is 9.82 Å². The van der Waals surface area contributed by atoms with E-state index in [9.17, 15) is 9.18 Å². The van der Waals surface area contributed by atoms with Gasteiger partial charge in [-0.2, -0.15) is 5.10 Å². The number of benzene rings is 1. The van der Waals surface area contributed by atoms with Crippen LogP contribution in [0, 0.1) is 5.82 Å². The summed E-state index contributed by atoms with van der Waals surface area (Å²) in [4.78, 5) is 11.5. The summed E-state index contributed by atoms with van der Waals surface area (Å²) in [7, 11) is 0. The van der Waals surface area contributed by atoms with Gasteiger partial charge in [0.2, 0.25) is 0 Å². The van der Waals surface area contributed by atoms with Crippen molar-refractivity contribution in [3.05, 3.63) is 65.9 Å². The molecule has 0 aliphatic heterocycles. The van der Waals surface area contributed by atoms with E-state index < -0.39 is 11.7 Å². The number of nitrogens with zero attached hydrogens (tertiary/aromatic N) is 1. The zero-order chi connectivity index (χ0) is 13.5. The van der Waals surface area contributed by atoms with Crippen molar-refractivity contribution in [1.29, 1.82) is 0 Å². The van der Waals surface area contributed by atoms with Gasteiger partial charge in [0.25, 0.3) is 5.91 Å². The second-order valence-corrected chi connectivity index (χ2v) is 3.57. The number of halogens is 1. The standard InChI is InChI=1S/C14H11FN2O2/c15-13-8-2-1-7-12(13)14(18)17-16-9-3-5-11-6-4-10-19-11/h1-10H,(H,17,18)/b5-3+,16-9+. The topological polar surface area (TPSA) is 54.6 Å². The van der Waals surface area contributed by atoms with E-state index in [1.807, 2.05) is 0 Å². The molecular formula is C14H11FN2O2. The summed E-state index contributed by atoms with van der Waals surface area (Å²) in [5.74, 6) is -0.506. The Kier molecular flexibility index (Phi) is 4.23. The van der Waals surface area contributed by atoms with Gasteiger partial charge in [-0.1, -0.05) is 12.1 Å². The van der Waals surface area contributed by atoms with Gasteiger partial charge in [-0.3, -0.25) is 4.79 Å². The Morgan fingerprint density at radius 1 is 1.26 bits per heavy atom. The van der Waals surface area contributed by atoms with Crippen molar-refractivity contribution in [1.82, 2.24) is 5.43 Å². The Morgan fingerprint density at radius 3 is 2.84 bits per heavy atom. The van der Waals surface area contributed by atoms with E-state index in [0.29, 0.717) is 5.76 Å². The molecule has 1 aromatic heterocycles. The fourth-order valence-corrected chi connectivity index (χ4v) is 1.37. The van der Waals surface area contributed by atoms with Crippen LogP contribution in [0.15, 0.2) is 58.3 Å². The fraction of sp³-hybridized carbons (Fsp3) is 0. The lowest BCUT2D eigenvalue weighted by molar-refractivity contribution is 0.0951. The maximum atomic E-state index is 13.3. The van der Waals surface area contributed by atoms with Crippen LogP contribution in [0.3, 0.4) is 0 Å². The van der Waals surface area contributed by atoms with Crippen molar-refractivity contribution in [3.63, 3.8) is 0 Å². The summed E-state index contributed by atoms with van der Waals surface area (Å²) < 4.78 is 18.3. The first-order valence-corrected chi connectivity index (χ1v) is 5.55. The molecule has 5 heteroatoms. The highest BCUT2D eigenvalue weighted by Crippen LogP contribution is 2.05. The maximum Gasteiger partial charge on any atom is 0.274 e. The van der Waals surface area contributed by atoms with E-state index in [1.165, 1.54) is 24.4 Å². The molecule has 0 saturated carbocycles. The zero-order valence-electron chi connectivity index (χ0n) is 9.92. The number of rotatable bonds is 4. The molecule has 19 heavy (non-hydrogen) atoms. The van der Waals surface area contributed by atoms with Gasteiger partial charge < -0.3 is 4.42 Å². The lowest BCUT2D eigenvalue weighted by Gasteiger charge is -1.99. The summed E-state index contributed by atoms with van der Waals surface area (Å²) in [6.45, 7) is 0. The molecule has 4 nitrogen and oxygen atoms in total. The smallest absolute Gasteiger partial charge is 0.274 e. The molecule has 0 aliphatic rings. The Hall–Kier alpha value is -2.69. The Morgan fingerprint density at radius 2 is 2.11 bits per heavy atom. The lowest BCUT2D eigenvalue weighted by Crippen LogP contribution is -2.18. The van der Waals surface area contributed by atoms with Gasteiger partial charge in [0.1, 0.15) is 11.6 Å². The van der Waals surface area contributed by atoms with E-state index in [2.05, 4.69) is 10.5 Å². The minimum atomic E-state index is -0.597. The molecule has 0 aliphatic carbocycles. The van der Waals surface area contributed by atoms with Crippen molar-refractivity contribution in [3.8, 4) is 0 Å². The summed E-state index contributed by atoms with van der Waals surface area (Å²) in [5, 5.41) is 3.67. The van der Waals surface area contributed by atoms with Crippen LogP contribution in [0.5, 0.6) is 0 Å². The first kappa shape index (κ1) is 12.8. The Labute approximate surface area is 109 Å². The molecule has 0 saturated heterocycles. The second kappa shape index (κ2) is 6.30. The van der Waals surface area contributed by atoms with Crippen LogP contribution in [0.4, 0.5) is 4.39 Å². The third kappa shape index (κ3) is 3.64. The average molecular weight is 258 g/mol.